The van der Waals surface area contributed by atoms with Crippen molar-refractivity contribution in [2.24, 2.45) is 0 Å². The molecule has 0 unspecified atom stereocenters. The molecule has 1 saturated heterocycles. The summed E-state index contributed by atoms with van der Waals surface area (Å²) >= 11 is 0. The van der Waals surface area contributed by atoms with Gasteiger partial charge in [0.1, 0.15) is 12.4 Å². The molecule has 0 N–H and O–H groups in total. The predicted octanol–water partition coefficient (Wildman–Crippen LogP) is 2.19. The number of nitro groups is 1. The number of morpholine rings is 1. The average molecular weight is 378 g/mol. The lowest BCUT2D eigenvalue weighted by molar-refractivity contribution is -0.384. The van der Waals surface area contributed by atoms with Gasteiger partial charge in [-0.15, -0.1) is 0 Å². The van der Waals surface area contributed by atoms with E-state index in [-0.39, 0.29) is 17.2 Å². The molecule has 1 aliphatic rings. The molecule has 26 heavy (non-hydrogen) atoms. The average Bonchev–Trinajstić information content (AvgIpc) is 2.67. The molecule has 2 aromatic carbocycles. The first-order chi connectivity index (χ1) is 12.5. The molecule has 0 radical (unpaired) electrons. The topological polar surface area (TPSA) is 99.0 Å². The molecule has 3 rings (SSSR count). The third-order valence-electron chi connectivity index (χ3n) is 3.96. The van der Waals surface area contributed by atoms with Gasteiger partial charge in [0, 0.05) is 25.2 Å². The molecule has 0 amide bonds. The van der Waals surface area contributed by atoms with Gasteiger partial charge in [-0.2, -0.15) is 4.31 Å². The van der Waals surface area contributed by atoms with Crippen LogP contribution in [0.2, 0.25) is 0 Å². The molecule has 9 heteroatoms. The van der Waals surface area contributed by atoms with Gasteiger partial charge in [-0.3, -0.25) is 10.1 Å². The number of rotatable bonds is 6. The van der Waals surface area contributed by atoms with Crippen LogP contribution in [0.3, 0.4) is 0 Å². The first-order valence-corrected chi connectivity index (χ1v) is 9.45. The van der Waals surface area contributed by atoms with Crippen LogP contribution in [0.1, 0.15) is 5.56 Å². The molecule has 0 aliphatic carbocycles. The predicted molar refractivity (Wildman–Crippen MR) is 93.4 cm³/mol. The van der Waals surface area contributed by atoms with E-state index in [4.69, 9.17) is 9.47 Å². The highest BCUT2D eigenvalue weighted by atomic mass is 32.2. The molecule has 1 fully saturated rings. The van der Waals surface area contributed by atoms with Gasteiger partial charge < -0.3 is 9.47 Å². The quantitative estimate of drug-likeness (QED) is 0.564. The van der Waals surface area contributed by atoms with Crippen molar-refractivity contribution in [1.29, 1.82) is 0 Å². The maximum absolute atomic E-state index is 12.7. The van der Waals surface area contributed by atoms with Crippen molar-refractivity contribution in [2.45, 2.75) is 11.5 Å². The number of hydrogen-bond donors (Lipinski definition) is 0. The van der Waals surface area contributed by atoms with Gasteiger partial charge in [0.15, 0.2) is 0 Å². The van der Waals surface area contributed by atoms with E-state index in [1.807, 2.05) is 0 Å². The van der Waals surface area contributed by atoms with Gasteiger partial charge >= 0.3 is 0 Å². The maximum atomic E-state index is 12.7. The van der Waals surface area contributed by atoms with Crippen molar-refractivity contribution < 1.29 is 22.8 Å². The summed E-state index contributed by atoms with van der Waals surface area (Å²) in [5.74, 6) is 0.469. The molecule has 0 spiro atoms. The third kappa shape index (κ3) is 4.18. The summed E-state index contributed by atoms with van der Waals surface area (Å²) in [6, 6.07) is 12.3. The summed E-state index contributed by atoms with van der Waals surface area (Å²) in [6.45, 7) is 1.62. The van der Waals surface area contributed by atoms with Gasteiger partial charge in [-0.25, -0.2) is 8.42 Å². The minimum Gasteiger partial charge on any atom is -0.489 e. The summed E-state index contributed by atoms with van der Waals surface area (Å²) in [5, 5.41) is 10.6. The molecule has 138 valence electrons. The van der Waals surface area contributed by atoms with Crippen molar-refractivity contribution in [3.8, 4) is 5.75 Å². The lowest BCUT2D eigenvalue weighted by Gasteiger charge is -2.26. The number of hydrogen-bond acceptors (Lipinski definition) is 6. The lowest BCUT2D eigenvalue weighted by atomic mass is 10.2. The Balaban J connectivity index is 1.70. The Hall–Kier alpha value is -2.49. The summed E-state index contributed by atoms with van der Waals surface area (Å²) in [6.07, 6.45) is 0. The largest absolute Gasteiger partial charge is 0.489 e. The normalized spacial score (nSPS) is 15.5. The Kier molecular flexibility index (Phi) is 5.50. The molecular formula is C17H18N2O6S. The van der Waals surface area contributed by atoms with Crippen LogP contribution in [0.4, 0.5) is 5.69 Å². The van der Waals surface area contributed by atoms with Crippen LogP contribution in [-0.4, -0.2) is 43.9 Å². The Morgan fingerprint density at radius 3 is 2.46 bits per heavy atom. The van der Waals surface area contributed by atoms with E-state index in [0.717, 1.165) is 0 Å². The fourth-order valence-corrected chi connectivity index (χ4v) is 4.04. The maximum Gasteiger partial charge on any atom is 0.269 e. The Labute approximate surface area is 151 Å². The molecule has 0 bridgehead atoms. The monoisotopic (exact) mass is 378 g/mol. The highest BCUT2D eigenvalue weighted by Gasteiger charge is 2.26. The van der Waals surface area contributed by atoms with Crippen LogP contribution in [0, 0.1) is 10.1 Å². The fraction of sp³-hybridized carbons (Fsp3) is 0.294. The van der Waals surface area contributed by atoms with Crippen molar-refractivity contribution in [1.82, 2.24) is 4.31 Å². The van der Waals surface area contributed by atoms with Crippen LogP contribution < -0.4 is 4.74 Å². The van der Waals surface area contributed by atoms with Gasteiger partial charge in [0.2, 0.25) is 10.0 Å². The highest BCUT2D eigenvalue weighted by Crippen LogP contribution is 2.21. The minimum absolute atomic E-state index is 0.0176. The van der Waals surface area contributed by atoms with E-state index in [9.17, 15) is 18.5 Å². The van der Waals surface area contributed by atoms with E-state index in [2.05, 4.69) is 0 Å². The zero-order valence-corrected chi connectivity index (χ0v) is 14.7. The van der Waals surface area contributed by atoms with Gasteiger partial charge in [0.25, 0.3) is 5.69 Å². The van der Waals surface area contributed by atoms with E-state index >= 15 is 0 Å². The SMILES string of the molecule is O=[N+]([O-])c1ccc(OCc2cccc(S(=O)(=O)N3CCOCC3)c2)cc1. The molecule has 1 heterocycles. The zero-order valence-electron chi connectivity index (χ0n) is 13.9. The zero-order chi connectivity index (χ0) is 18.6. The van der Waals surface area contributed by atoms with Gasteiger partial charge in [-0.05, 0) is 29.8 Å². The highest BCUT2D eigenvalue weighted by molar-refractivity contribution is 7.89. The molecular weight excluding hydrogens is 360 g/mol. The standard InChI is InChI=1S/C17H18N2O6S/c20-19(21)15-4-6-16(7-5-15)25-13-14-2-1-3-17(12-14)26(22,23)18-8-10-24-11-9-18/h1-7,12H,8-11,13H2. The summed E-state index contributed by atoms with van der Waals surface area (Å²) in [7, 11) is -3.56. The van der Waals surface area contributed by atoms with Crippen LogP contribution in [-0.2, 0) is 21.4 Å². The van der Waals surface area contributed by atoms with E-state index < -0.39 is 14.9 Å². The number of nitro benzene ring substituents is 1. The number of sulfonamides is 1. The molecule has 1 aliphatic heterocycles. The second-order valence-electron chi connectivity index (χ2n) is 5.70. The first-order valence-electron chi connectivity index (χ1n) is 8.01. The molecule has 0 aromatic heterocycles. The van der Waals surface area contributed by atoms with Crippen LogP contribution in [0.25, 0.3) is 0 Å². The van der Waals surface area contributed by atoms with Crippen molar-refractivity contribution >= 4 is 15.7 Å². The molecule has 2 aromatic rings. The van der Waals surface area contributed by atoms with Crippen molar-refractivity contribution in [2.75, 3.05) is 26.3 Å². The third-order valence-corrected chi connectivity index (χ3v) is 5.85. The molecule has 8 nitrogen and oxygen atoms in total. The van der Waals surface area contributed by atoms with Crippen LogP contribution in [0.15, 0.2) is 53.4 Å². The fourth-order valence-electron chi connectivity index (χ4n) is 2.56. The summed E-state index contributed by atoms with van der Waals surface area (Å²) < 4.78 is 37.6. The Morgan fingerprint density at radius 1 is 1.12 bits per heavy atom. The Morgan fingerprint density at radius 2 is 1.81 bits per heavy atom. The van der Waals surface area contributed by atoms with E-state index in [0.29, 0.717) is 37.6 Å². The first kappa shape index (κ1) is 18.3. The second kappa shape index (κ2) is 7.81. The van der Waals surface area contributed by atoms with Crippen LogP contribution >= 0.6 is 0 Å². The van der Waals surface area contributed by atoms with Gasteiger partial charge in [-0.1, -0.05) is 12.1 Å². The second-order valence-corrected chi connectivity index (χ2v) is 7.64. The number of benzene rings is 2. The molecule has 0 atom stereocenters. The number of ether oxygens (including phenoxy) is 2. The summed E-state index contributed by atoms with van der Waals surface area (Å²) in [4.78, 5) is 10.4. The van der Waals surface area contributed by atoms with E-state index in [1.165, 1.54) is 28.6 Å². The number of non-ortho nitro benzene ring substituents is 1. The minimum atomic E-state index is -3.56. The van der Waals surface area contributed by atoms with Crippen molar-refractivity contribution in [3.05, 3.63) is 64.2 Å². The smallest absolute Gasteiger partial charge is 0.269 e. The molecule has 0 saturated carbocycles. The Bertz CT molecular complexity index is 876. The van der Waals surface area contributed by atoms with Crippen molar-refractivity contribution in [3.63, 3.8) is 0 Å². The van der Waals surface area contributed by atoms with Gasteiger partial charge in [0.05, 0.1) is 23.0 Å². The lowest BCUT2D eigenvalue weighted by Crippen LogP contribution is -2.40. The van der Waals surface area contributed by atoms with E-state index in [1.54, 1.807) is 24.3 Å². The summed E-state index contributed by atoms with van der Waals surface area (Å²) in [5.41, 5.74) is 0.675. The number of nitrogens with zero attached hydrogens (tertiary/aromatic N) is 2. The van der Waals surface area contributed by atoms with Crippen LogP contribution in [0.5, 0.6) is 5.75 Å².